The monoisotopic (exact) mass is 377 g/mol. The van der Waals surface area contributed by atoms with E-state index in [2.05, 4.69) is 36.9 Å². The largest absolute Gasteiger partial charge is 0.332 e. The van der Waals surface area contributed by atoms with Crippen molar-refractivity contribution < 1.29 is 9.59 Å². The van der Waals surface area contributed by atoms with Crippen molar-refractivity contribution >= 4 is 17.6 Å². The molecule has 0 bridgehead atoms. The summed E-state index contributed by atoms with van der Waals surface area (Å²) in [6.45, 7) is 7.32. The number of benzene rings is 2. The van der Waals surface area contributed by atoms with Crippen LogP contribution in [0.25, 0.3) is 0 Å². The molecule has 2 aromatic rings. The number of anilines is 1. The second-order valence-corrected chi connectivity index (χ2v) is 7.91. The highest BCUT2D eigenvalue weighted by atomic mass is 16.2. The van der Waals surface area contributed by atoms with Gasteiger partial charge in [-0.25, -0.2) is 9.69 Å². The Balaban J connectivity index is 1.38. The van der Waals surface area contributed by atoms with Crippen molar-refractivity contribution in [3.8, 4) is 0 Å². The second-order valence-electron chi connectivity index (χ2n) is 7.91. The average Bonchev–Trinajstić information content (AvgIpc) is 3.00. The van der Waals surface area contributed by atoms with E-state index in [1.807, 2.05) is 30.3 Å². The quantitative estimate of drug-likeness (QED) is 0.763. The summed E-state index contributed by atoms with van der Waals surface area (Å²) < 4.78 is 0. The van der Waals surface area contributed by atoms with Gasteiger partial charge in [-0.15, -0.1) is 0 Å². The van der Waals surface area contributed by atoms with Gasteiger partial charge in [-0.2, -0.15) is 0 Å². The molecule has 2 aromatic carbocycles. The first-order valence-electron chi connectivity index (χ1n) is 10.00. The van der Waals surface area contributed by atoms with Crippen LogP contribution in [-0.4, -0.2) is 47.4 Å². The van der Waals surface area contributed by atoms with Crippen LogP contribution in [0.15, 0.2) is 48.5 Å². The third-order valence-corrected chi connectivity index (χ3v) is 5.90. The maximum atomic E-state index is 12.9. The van der Waals surface area contributed by atoms with Gasteiger partial charge in [0.1, 0.15) is 6.54 Å². The van der Waals surface area contributed by atoms with E-state index in [9.17, 15) is 9.59 Å². The number of urea groups is 1. The smallest absolute Gasteiger partial charge is 0.312 e. The molecule has 0 aliphatic carbocycles. The molecule has 4 rings (SSSR count). The molecule has 28 heavy (non-hydrogen) atoms. The van der Waals surface area contributed by atoms with Gasteiger partial charge in [0.2, 0.25) is 0 Å². The Kier molecular flexibility index (Phi) is 5.18. The van der Waals surface area contributed by atoms with Crippen molar-refractivity contribution in [3.63, 3.8) is 0 Å². The summed E-state index contributed by atoms with van der Waals surface area (Å²) in [6, 6.07) is 15.8. The summed E-state index contributed by atoms with van der Waals surface area (Å²) in [4.78, 5) is 30.9. The zero-order valence-corrected chi connectivity index (χ0v) is 16.6. The first kappa shape index (κ1) is 18.7. The molecule has 2 fully saturated rings. The molecule has 0 saturated carbocycles. The molecule has 0 aromatic heterocycles. The van der Waals surface area contributed by atoms with Gasteiger partial charge in [-0.1, -0.05) is 42.0 Å². The number of amides is 3. The van der Waals surface area contributed by atoms with Crippen molar-refractivity contribution in [1.29, 1.82) is 0 Å². The fraction of sp³-hybridized carbons (Fsp3) is 0.391. The normalized spacial score (nSPS) is 18.9. The molecule has 0 atom stereocenters. The number of para-hydroxylation sites is 1. The Bertz CT molecular complexity index is 873. The zero-order valence-electron chi connectivity index (χ0n) is 16.6. The van der Waals surface area contributed by atoms with Gasteiger partial charge in [0.05, 0.1) is 5.69 Å². The Hall–Kier alpha value is -2.66. The van der Waals surface area contributed by atoms with Crippen LogP contribution in [0, 0.1) is 13.8 Å². The fourth-order valence-electron chi connectivity index (χ4n) is 4.24. The molecule has 5 heteroatoms. The summed E-state index contributed by atoms with van der Waals surface area (Å²) in [5.74, 6) is -0.131. The van der Waals surface area contributed by atoms with Gasteiger partial charge in [0.15, 0.2) is 0 Å². The van der Waals surface area contributed by atoms with Crippen molar-refractivity contribution in [2.24, 2.45) is 0 Å². The number of piperidine rings is 1. The van der Waals surface area contributed by atoms with Crippen LogP contribution in [0.2, 0.25) is 0 Å². The van der Waals surface area contributed by atoms with Gasteiger partial charge in [0.25, 0.3) is 5.91 Å². The molecule has 0 spiro atoms. The van der Waals surface area contributed by atoms with E-state index >= 15 is 0 Å². The minimum atomic E-state index is -0.177. The maximum absolute atomic E-state index is 12.9. The van der Waals surface area contributed by atoms with Crippen LogP contribution in [0.3, 0.4) is 0 Å². The molecule has 0 N–H and O–H groups in total. The predicted octanol–water partition coefficient (Wildman–Crippen LogP) is 3.74. The minimum Gasteiger partial charge on any atom is -0.312 e. The van der Waals surface area contributed by atoms with E-state index in [-0.39, 0.29) is 24.5 Å². The number of likely N-dealkylation sites (tertiary alicyclic amines) is 1. The molecule has 2 saturated heterocycles. The van der Waals surface area contributed by atoms with E-state index < -0.39 is 0 Å². The molecular formula is C23H27N3O2. The summed E-state index contributed by atoms with van der Waals surface area (Å²) in [6.07, 6.45) is 1.82. The number of imide groups is 1. The van der Waals surface area contributed by atoms with Gasteiger partial charge in [0, 0.05) is 25.7 Å². The van der Waals surface area contributed by atoms with E-state index in [1.165, 1.54) is 21.6 Å². The van der Waals surface area contributed by atoms with Crippen LogP contribution >= 0.6 is 0 Å². The number of hydrogen-bond donors (Lipinski definition) is 0. The summed E-state index contributed by atoms with van der Waals surface area (Å²) in [5.41, 5.74) is 4.65. The van der Waals surface area contributed by atoms with Crippen molar-refractivity contribution in [3.05, 3.63) is 65.2 Å². The molecule has 2 heterocycles. The second kappa shape index (κ2) is 7.76. The standard InChI is InChI=1S/C23H27N3O2/c1-17-8-9-18(2)19(14-17)15-24-12-10-20(11-13-24)25-16-22(27)26(23(25)28)21-6-4-3-5-7-21/h3-9,14,20H,10-13,15-16H2,1-2H3. The number of carbonyl (C=O) groups excluding carboxylic acids is 2. The third-order valence-electron chi connectivity index (χ3n) is 5.90. The van der Waals surface area contributed by atoms with Gasteiger partial charge >= 0.3 is 6.03 Å². The number of aryl methyl sites for hydroxylation is 2. The molecule has 2 aliphatic heterocycles. The lowest BCUT2D eigenvalue weighted by Crippen LogP contribution is -2.46. The Labute approximate surface area is 166 Å². The highest BCUT2D eigenvalue weighted by Crippen LogP contribution is 2.27. The summed E-state index contributed by atoms with van der Waals surface area (Å²) in [7, 11) is 0. The number of carbonyl (C=O) groups is 2. The van der Waals surface area contributed by atoms with Crippen LogP contribution in [0.1, 0.15) is 29.5 Å². The lowest BCUT2D eigenvalue weighted by molar-refractivity contribution is -0.116. The Morgan fingerprint density at radius 2 is 1.68 bits per heavy atom. The molecule has 0 unspecified atom stereocenters. The maximum Gasteiger partial charge on any atom is 0.332 e. The molecule has 5 nitrogen and oxygen atoms in total. The number of hydrogen-bond acceptors (Lipinski definition) is 3. The van der Waals surface area contributed by atoms with E-state index in [4.69, 9.17) is 0 Å². The molecular weight excluding hydrogens is 350 g/mol. The van der Waals surface area contributed by atoms with E-state index in [0.29, 0.717) is 5.69 Å². The Morgan fingerprint density at radius 3 is 2.39 bits per heavy atom. The first-order valence-corrected chi connectivity index (χ1v) is 10.00. The highest BCUT2D eigenvalue weighted by molar-refractivity contribution is 6.19. The lowest BCUT2D eigenvalue weighted by atomic mass is 10.0. The molecule has 0 radical (unpaired) electrons. The van der Waals surface area contributed by atoms with E-state index in [1.54, 1.807) is 4.90 Å². The van der Waals surface area contributed by atoms with Gasteiger partial charge in [-0.3, -0.25) is 9.69 Å². The zero-order chi connectivity index (χ0) is 19.7. The first-order chi connectivity index (χ1) is 13.5. The SMILES string of the molecule is Cc1ccc(C)c(CN2CCC(N3CC(=O)N(c4ccccc4)C3=O)CC2)c1. The van der Waals surface area contributed by atoms with Gasteiger partial charge < -0.3 is 4.90 Å². The number of rotatable bonds is 4. The average molecular weight is 377 g/mol. The molecule has 2 aliphatic rings. The summed E-state index contributed by atoms with van der Waals surface area (Å²) in [5, 5.41) is 0. The molecule has 3 amide bonds. The molecule has 146 valence electrons. The van der Waals surface area contributed by atoms with Gasteiger partial charge in [-0.05, 0) is 49.9 Å². The highest BCUT2D eigenvalue weighted by Gasteiger charge is 2.41. The van der Waals surface area contributed by atoms with Crippen LogP contribution in [0.5, 0.6) is 0 Å². The van der Waals surface area contributed by atoms with Crippen LogP contribution in [0.4, 0.5) is 10.5 Å². The van der Waals surface area contributed by atoms with Crippen molar-refractivity contribution in [2.45, 2.75) is 39.3 Å². The summed E-state index contributed by atoms with van der Waals surface area (Å²) >= 11 is 0. The Morgan fingerprint density at radius 1 is 0.964 bits per heavy atom. The number of nitrogens with zero attached hydrogens (tertiary/aromatic N) is 3. The predicted molar refractivity (Wildman–Crippen MR) is 110 cm³/mol. The van der Waals surface area contributed by atoms with Crippen LogP contribution < -0.4 is 4.90 Å². The van der Waals surface area contributed by atoms with Crippen molar-refractivity contribution in [2.75, 3.05) is 24.5 Å². The van der Waals surface area contributed by atoms with Crippen LogP contribution in [-0.2, 0) is 11.3 Å². The van der Waals surface area contributed by atoms with E-state index in [0.717, 1.165) is 32.5 Å². The van der Waals surface area contributed by atoms with Crippen molar-refractivity contribution in [1.82, 2.24) is 9.80 Å². The third kappa shape index (κ3) is 3.67. The fourth-order valence-corrected chi connectivity index (χ4v) is 4.24. The minimum absolute atomic E-state index is 0.131. The topological polar surface area (TPSA) is 43.9 Å². The lowest BCUT2D eigenvalue weighted by Gasteiger charge is -2.36.